The van der Waals surface area contributed by atoms with Gasteiger partial charge in [-0.05, 0) is 62.8 Å². The molecule has 0 radical (unpaired) electrons. The number of piperazine rings is 1. The van der Waals surface area contributed by atoms with Crippen molar-refractivity contribution in [3.63, 3.8) is 0 Å². The van der Waals surface area contributed by atoms with E-state index in [1.807, 2.05) is 54.6 Å². The van der Waals surface area contributed by atoms with Gasteiger partial charge in [-0.25, -0.2) is 14.4 Å². The number of ether oxygens (including phenoxy) is 2. The number of rotatable bonds is 4. The third kappa shape index (κ3) is 8.04. The van der Waals surface area contributed by atoms with Gasteiger partial charge in [0.25, 0.3) is 0 Å². The molecule has 3 N–H and O–H groups in total. The van der Waals surface area contributed by atoms with Crippen molar-refractivity contribution in [2.75, 3.05) is 19.6 Å². The van der Waals surface area contributed by atoms with E-state index < -0.39 is 53.2 Å². The molecule has 1 saturated heterocycles. The van der Waals surface area contributed by atoms with Crippen LogP contribution in [-0.2, 0) is 30.5 Å². The van der Waals surface area contributed by atoms with Crippen molar-refractivity contribution in [2.45, 2.75) is 89.1 Å². The van der Waals surface area contributed by atoms with Gasteiger partial charge in [-0.1, -0.05) is 67.5 Å². The maximum atomic E-state index is 14.1. The molecule has 252 valence electrons. The number of hydrogen-bond acceptors (Lipinski definition) is 7. The number of carboxylic acid groups (broad SMARTS) is 1. The lowest BCUT2D eigenvalue weighted by Gasteiger charge is -2.41. The number of hydrogen-bond donors (Lipinski definition) is 3. The number of carbonyl (C=O) groups is 5. The fourth-order valence-electron chi connectivity index (χ4n) is 6.31. The summed E-state index contributed by atoms with van der Waals surface area (Å²) >= 11 is 0. The molecule has 2 fully saturated rings. The molecule has 0 bridgehead atoms. The third-order valence-corrected chi connectivity index (χ3v) is 8.92. The number of fused-ring (bicyclic) bond motifs is 3. The summed E-state index contributed by atoms with van der Waals surface area (Å²) in [7, 11) is 0. The largest absolute Gasteiger partial charge is 0.479 e. The number of carboxylic acids is 1. The molecule has 1 unspecified atom stereocenters. The summed E-state index contributed by atoms with van der Waals surface area (Å²) in [5.74, 6) is -2.72. The Hall–Kier alpha value is -4.61. The first-order valence-corrected chi connectivity index (χ1v) is 16.3. The number of nitrogens with one attached hydrogen (secondary N) is 2. The number of carbonyl (C=O) groups excluding carboxylic acids is 4. The van der Waals surface area contributed by atoms with Crippen molar-refractivity contribution in [3.05, 3.63) is 60.2 Å². The standard InChI is InChI=1S/C35H44N4O8/c1-34(2,3)47-32(44)36-27-17-8-6-4-5-7-15-25-20-35(25,31(42)43)37-29(40)28-21-38(18-19-39(28)30(27)41)33(45)46-22-24-14-11-13-23-12-9-10-16-26(23)24/h7,9-16,25,27-28H,4-6,8,17-22H2,1-3H3,(H,36,44)(H,37,40)(H,42,43)/b15-7+/t25?,27-,28-,35-/m0/s1. The Morgan fingerprint density at radius 1 is 1.04 bits per heavy atom. The van der Waals surface area contributed by atoms with E-state index >= 15 is 0 Å². The van der Waals surface area contributed by atoms with Crippen LogP contribution in [0.5, 0.6) is 0 Å². The molecule has 1 saturated carbocycles. The summed E-state index contributed by atoms with van der Waals surface area (Å²) in [5, 5.41) is 17.5. The van der Waals surface area contributed by atoms with Gasteiger partial charge in [0, 0.05) is 19.0 Å². The maximum absolute atomic E-state index is 14.1. The van der Waals surface area contributed by atoms with Crippen molar-refractivity contribution in [1.82, 2.24) is 20.4 Å². The van der Waals surface area contributed by atoms with Crippen molar-refractivity contribution in [1.29, 1.82) is 0 Å². The molecule has 2 aliphatic heterocycles. The molecule has 2 aromatic rings. The quantitative estimate of drug-likeness (QED) is 0.413. The Morgan fingerprint density at radius 3 is 2.57 bits per heavy atom. The van der Waals surface area contributed by atoms with Crippen LogP contribution in [0, 0.1) is 5.92 Å². The average molecular weight is 649 g/mol. The first-order chi connectivity index (χ1) is 22.4. The minimum absolute atomic E-state index is 0.00815. The van der Waals surface area contributed by atoms with Gasteiger partial charge >= 0.3 is 18.2 Å². The van der Waals surface area contributed by atoms with Gasteiger partial charge in [0.15, 0.2) is 0 Å². The average Bonchev–Trinajstić information content (AvgIpc) is 3.74. The van der Waals surface area contributed by atoms with Crippen LogP contribution in [0.3, 0.4) is 0 Å². The van der Waals surface area contributed by atoms with Crippen molar-refractivity contribution in [3.8, 4) is 0 Å². The van der Waals surface area contributed by atoms with Gasteiger partial charge in [-0.15, -0.1) is 0 Å². The van der Waals surface area contributed by atoms with Crippen LogP contribution in [0.1, 0.15) is 64.9 Å². The van der Waals surface area contributed by atoms with Crippen LogP contribution < -0.4 is 10.6 Å². The zero-order valence-corrected chi connectivity index (χ0v) is 27.2. The van der Waals surface area contributed by atoms with E-state index in [9.17, 15) is 29.1 Å². The Labute approximate surface area is 274 Å². The number of aliphatic carboxylic acids is 1. The number of benzene rings is 2. The highest BCUT2D eigenvalue weighted by atomic mass is 16.6. The first-order valence-electron chi connectivity index (χ1n) is 16.3. The second-order valence-electron chi connectivity index (χ2n) is 13.5. The van der Waals surface area contributed by atoms with Crippen LogP contribution in [-0.4, -0.2) is 87.7 Å². The van der Waals surface area contributed by atoms with E-state index in [0.29, 0.717) is 12.8 Å². The summed E-state index contributed by atoms with van der Waals surface area (Å²) in [5.41, 5.74) is -1.45. The van der Waals surface area contributed by atoms with E-state index in [4.69, 9.17) is 9.47 Å². The van der Waals surface area contributed by atoms with Gasteiger partial charge < -0.3 is 35.0 Å². The predicted octanol–water partition coefficient (Wildman–Crippen LogP) is 4.36. The van der Waals surface area contributed by atoms with E-state index in [0.717, 1.165) is 35.6 Å². The molecule has 2 aromatic carbocycles. The number of amides is 4. The molecule has 47 heavy (non-hydrogen) atoms. The highest BCUT2D eigenvalue weighted by Crippen LogP contribution is 2.45. The Bertz CT molecular complexity index is 1550. The monoisotopic (exact) mass is 648 g/mol. The molecule has 4 amide bonds. The lowest BCUT2D eigenvalue weighted by molar-refractivity contribution is -0.148. The summed E-state index contributed by atoms with van der Waals surface area (Å²) in [6.07, 6.45) is 5.89. The molecule has 12 nitrogen and oxygen atoms in total. The highest BCUT2D eigenvalue weighted by molar-refractivity contribution is 5.96. The second-order valence-corrected chi connectivity index (χ2v) is 13.5. The first kappa shape index (κ1) is 33.7. The normalized spacial score (nSPS) is 26.1. The highest BCUT2D eigenvalue weighted by Gasteiger charge is 2.61. The molecular formula is C35H44N4O8. The SMILES string of the molecule is CC(C)(C)OC(=O)N[C@H]1CCCCC/C=C/C2C[C@]2(C(=O)O)NC(=O)[C@@H]2CN(C(=O)OCc3cccc4ccccc34)CCN2C1=O. The van der Waals surface area contributed by atoms with Gasteiger partial charge in [-0.3, -0.25) is 9.59 Å². The van der Waals surface area contributed by atoms with Gasteiger partial charge in [0.2, 0.25) is 11.8 Å². The van der Waals surface area contributed by atoms with Crippen LogP contribution in [0.2, 0.25) is 0 Å². The minimum atomic E-state index is -1.49. The molecule has 1 aliphatic carbocycles. The summed E-state index contributed by atoms with van der Waals surface area (Å²) in [6.45, 7) is 5.03. The Kier molecular flexibility index (Phi) is 10.1. The molecule has 12 heteroatoms. The van der Waals surface area contributed by atoms with E-state index in [2.05, 4.69) is 10.6 Å². The molecule has 2 heterocycles. The topological polar surface area (TPSA) is 155 Å². The fourth-order valence-corrected chi connectivity index (χ4v) is 6.31. The zero-order chi connectivity index (χ0) is 33.8. The number of nitrogens with zero attached hydrogens (tertiary/aromatic N) is 2. The molecule has 4 atom stereocenters. The number of allylic oxidation sites excluding steroid dienone is 1. The summed E-state index contributed by atoms with van der Waals surface area (Å²) < 4.78 is 11.1. The third-order valence-electron chi connectivity index (χ3n) is 8.92. The minimum Gasteiger partial charge on any atom is -0.479 e. The second kappa shape index (κ2) is 14.0. The van der Waals surface area contributed by atoms with Crippen LogP contribution in [0.4, 0.5) is 9.59 Å². The molecule has 5 rings (SSSR count). The van der Waals surface area contributed by atoms with Crippen LogP contribution >= 0.6 is 0 Å². The predicted molar refractivity (Wildman–Crippen MR) is 173 cm³/mol. The van der Waals surface area contributed by atoms with Crippen molar-refractivity contribution in [2.24, 2.45) is 5.92 Å². The zero-order valence-electron chi connectivity index (χ0n) is 27.2. The van der Waals surface area contributed by atoms with Gasteiger partial charge in [-0.2, -0.15) is 0 Å². The van der Waals surface area contributed by atoms with Crippen LogP contribution in [0.25, 0.3) is 10.8 Å². The lowest BCUT2D eigenvalue weighted by atomic mass is 10.0. The smallest absolute Gasteiger partial charge is 0.410 e. The summed E-state index contributed by atoms with van der Waals surface area (Å²) in [6, 6.07) is 11.3. The molecule has 3 aliphatic rings. The van der Waals surface area contributed by atoms with E-state index in [1.54, 1.807) is 20.8 Å². The van der Waals surface area contributed by atoms with Gasteiger partial charge in [0.05, 0.1) is 6.54 Å². The van der Waals surface area contributed by atoms with Crippen molar-refractivity contribution >= 4 is 40.7 Å². The van der Waals surface area contributed by atoms with E-state index in [1.165, 1.54) is 9.80 Å². The lowest BCUT2D eigenvalue weighted by Crippen LogP contribution is -2.65. The summed E-state index contributed by atoms with van der Waals surface area (Å²) in [4.78, 5) is 69.2. The van der Waals surface area contributed by atoms with Crippen LogP contribution in [0.15, 0.2) is 54.6 Å². The Balaban J connectivity index is 1.37. The number of alkyl carbamates (subject to hydrolysis) is 1. The molecular weight excluding hydrogens is 604 g/mol. The Morgan fingerprint density at radius 2 is 1.81 bits per heavy atom. The fraction of sp³-hybridized carbons (Fsp3) is 0.514. The molecule has 0 aromatic heterocycles. The van der Waals surface area contributed by atoms with Crippen molar-refractivity contribution < 1.29 is 38.6 Å². The van der Waals surface area contributed by atoms with Gasteiger partial charge in [0.1, 0.15) is 29.8 Å². The van der Waals surface area contributed by atoms with E-state index in [-0.39, 0.29) is 38.6 Å². The maximum Gasteiger partial charge on any atom is 0.410 e. The molecule has 0 spiro atoms.